The van der Waals surface area contributed by atoms with Crippen LogP contribution in [0.4, 0.5) is 0 Å². The molecule has 0 fully saturated rings. The lowest BCUT2D eigenvalue weighted by Crippen LogP contribution is -2.39. The number of nitrogens with zero attached hydrogens (tertiary/aromatic N) is 2. The van der Waals surface area contributed by atoms with E-state index in [4.69, 9.17) is 4.74 Å². The van der Waals surface area contributed by atoms with E-state index in [1.165, 1.54) is 5.56 Å². The molecule has 1 aromatic heterocycles. The van der Waals surface area contributed by atoms with E-state index in [9.17, 15) is 0 Å². The average molecular weight is 392 g/mol. The standard InChI is InChI=1S/C23H29N5O/c1-18(16-29-17-19-9-5-3-6-10-19)13-26-23(24-2)27-15-22-25-14-21(28-22)20-11-7-4-8-12-20/h3-12,14,18H,13,15-17H2,1-2H3,(H,25,28)(H2,24,26,27). The predicted octanol–water partition coefficient (Wildman–Crippen LogP) is 3.59. The molecule has 0 aliphatic rings. The van der Waals surface area contributed by atoms with Crippen LogP contribution in [0.3, 0.4) is 0 Å². The topological polar surface area (TPSA) is 74.3 Å². The first-order valence-corrected chi connectivity index (χ1v) is 9.90. The molecule has 0 radical (unpaired) electrons. The molecule has 3 aromatic rings. The Morgan fingerprint density at radius 2 is 1.79 bits per heavy atom. The lowest BCUT2D eigenvalue weighted by atomic mass is 10.2. The van der Waals surface area contributed by atoms with Gasteiger partial charge < -0.3 is 20.4 Å². The largest absolute Gasteiger partial charge is 0.376 e. The monoisotopic (exact) mass is 391 g/mol. The van der Waals surface area contributed by atoms with E-state index in [0.717, 1.165) is 29.6 Å². The third-order valence-electron chi connectivity index (χ3n) is 4.49. The number of hydrogen-bond donors (Lipinski definition) is 3. The van der Waals surface area contributed by atoms with Crippen LogP contribution in [-0.4, -0.2) is 36.1 Å². The molecule has 0 spiro atoms. The number of rotatable bonds is 9. The van der Waals surface area contributed by atoms with Crippen LogP contribution < -0.4 is 10.6 Å². The molecular formula is C23H29N5O. The zero-order valence-corrected chi connectivity index (χ0v) is 17.1. The van der Waals surface area contributed by atoms with Gasteiger partial charge in [-0.05, 0) is 17.0 Å². The van der Waals surface area contributed by atoms with E-state index in [-0.39, 0.29) is 0 Å². The summed E-state index contributed by atoms with van der Waals surface area (Å²) in [7, 11) is 1.77. The Kier molecular flexibility index (Phi) is 7.83. The number of aromatic amines is 1. The molecule has 29 heavy (non-hydrogen) atoms. The zero-order chi connectivity index (χ0) is 20.3. The molecule has 1 heterocycles. The van der Waals surface area contributed by atoms with Crippen molar-refractivity contribution in [2.75, 3.05) is 20.2 Å². The highest BCUT2D eigenvalue weighted by molar-refractivity contribution is 5.79. The first-order chi connectivity index (χ1) is 14.2. The van der Waals surface area contributed by atoms with E-state index in [1.807, 2.05) is 42.6 Å². The molecule has 0 aliphatic heterocycles. The van der Waals surface area contributed by atoms with Crippen molar-refractivity contribution >= 4 is 5.96 Å². The molecule has 0 bridgehead atoms. The van der Waals surface area contributed by atoms with Crippen LogP contribution in [0.25, 0.3) is 11.3 Å². The van der Waals surface area contributed by atoms with Gasteiger partial charge in [-0.25, -0.2) is 4.98 Å². The quantitative estimate of drug-likeness (QED) is 0.385. The normalized spacial score (nSPS) is 12.6. The minimum atomic E-state index is 0.366. The van der Waals surface area contributed by atoms with Crippen molar-refractivity contribution in [2.45, 2.75) is 20.1 Å². The third kappa shape index (κ3) is 6.76. The summed E-state index contributed by atoms with van der Waals surface area (Å²) in [4.78, 5) is 12.1. The maximum Gasteiger partial charge on any atom is 0.191 e. The van der Waals surface area contributed by atoms with Gasteiger partial charge >= 0.3 is 0 Å². The molecule has 1 atom stereocenters. The Hall–Kier alpha value is -3.12. The Morgan fingerprint density at radius 1 is 1.07 bits per heavy atom. The minimum Gasteiger partial charge on any atom is -0.376 e. The number of aromatic nitrogens is 2. The van der Waals surface area contributed by atoms with Gasteiger partial charge in [0.15, 0.2) is 5.96 Å². The molecule has 1 unspecified atom stereocenters. The van der Waals surface area contributed by atoms with Gasteiger partial charge in [0.05, 0.1) is 31.6 Å². The van der Waals surface area contributed by atoms with Gasteiger partial charge in [0, 0.05) is 13.6 Å². The number of nitrogens with one attached hydrogen (secondary N) is 3. The van der Waals surface area contributed by atoms with E-state index < -0.39 is 0 Å². The molecule has 3 N–H and O–H groups in total. The van der Waals surface area contributed by atoms with Crippen molar-refractivity contribution in [1.82, 2.24) is 20.6 Å². The van der Waals surface area contributed by atoms with Crippen molar-refractivity contribution in [3.63, 3.8) is 0 Å². The molecule has 0 aliphatic carbocycles. The van der Waals surface area contributed by atoms with Crippen LogP contribution in [0.1, 0.15) is 18.3 Å². The van der Waals surface area contributed by atoms with Gasteiger partial charge in [-0.1, -0.05) is 67.6 Å². The molecule has 0 saturated heterocycles. The Balaban J connectivity index is 1.37. The summed E-state index contributed by atoms with van der Waals surface area (Å²) < 4.78 is 5.81. The van der Waals surface area contributed by atoms with Crippen molar-refractivity contribution in [2.24, 2.45) is 10.9 Å². The second-order valence-corrected chi connectivity index (χ2v) is 7.02. The van der Waals surface area contributed by atoms with Gasteiger partial charge in [-0.2, -0.15) is 0 Å². The number of guanidine groups is 1. The summed E-state index contributed by atoms with van der Waals surface area (Å²) in [6.07, 6.45) is 1.86. The third-order valence-corrected chi connectivity index (χ3v) is 4.49. The summed E-state index contributed by atoms with van der Waals surface area (Å²) in [5.41, 5.74) is 3.33. The number of ether oxygens (including phenoxy) is 1. The summed E-state index contributed by atoms with van der Waals surface area (Å²) in [5, 5.41) is 6.64. The number of hydrogen-bond acceptors (Lipinski definition) is 3. The van der Waals surface area contributed by atoms with Crippen molar-refractivity contribution in [3.05, 3.63) is 78.2 Å². The Bertz CT molecular complexity index is 877. The van der Waals surface area contributed by atoms with Gasteiger partial charge in [-0.15, -0.1) is 0 Å². The highest BCUT2D eigenvalue weighted by atomic mass is 16.5. The second-order valence-electron chi connectivity index (χ2n) is 7.02. The Morgan fingerprint density at radius 3 is 2.52 bits per heavy atom. The molecule has 152 valence electrons. The first-order valence-electron chi connectivity index (χ1n) is 9.90. The predicted molar refractivity (Wildman–Crippen MR) is 117 cm³/mol. The molecule has 2 aromatic carbocycles. The highest BCUT2D eigenvalue weighted by Gasteiger charge is 2.07. The van der Waals surface area contributed by atoms with Crippen LogP contribution >= 0.6 is 0 Å². The van der Waals surface area contributed by atoms with Crippen LogP contribution in [0.2, 0.25) is 0 Å². The number of H-pyrrole nitrogens is 1. The number of aliphatic imine (C=N–C) groups is 1. The van der Waals surface area contributed by atoms with E-state index in [0.29, 0.717) is 25.7 Å². The van der Waals surface area contributed by atoms with Crippen molar-refractivity contribution < 1.29 is 4.74 Å². The van der Waals surface area contributed by atoms with E-state index >= 15 is 0 Å². The smallest absolute Gasteiger partial charge is 0.191 e. The molecule has 6 heteroatoms. The fourth-order valence-electron chi connectivity index (χ4n) is 2.89. The first kappa shape index (κ1) is 20.6. The second kappa shape index (κ2) is 11.0. The lowest BCUT2D eigenvalue weighted by molar-refractivity contribution is 0.0931. The minimum absolute atomic E-state index is 0.366. The zero-order valence-electron chi connectivity index (χ0n) is 17.1. The number of imidazole rings is 1. The fraction of sp³-hybridized carbons (Fsp3) is 0.304. The maximum absolute atomic E-state index is 5.81. The summed E-state index contributed by atoms with van der Waals surface area (Å²) in [5.74, 6) is 1.98. The molecule has 3 rings (SSSR count). The summed E-state index contributed by atoms with van der Waals surface area (Å²) >= 11 is 0. The van der Waals surface area contributed by atoms with E-state index in [1.54, 1.807) is 7.05 Å². The maximum atomic E-state index is 5.81. The molecular weight excluding hydrogens is 362 g/mol. The number of benzene rings is 2. The summed E-state index contributed by atoms with van der Waals surface area (Å²) in [6.45, 7) is 4.84. The van der Waals surface area contributed by atoms with Crippen molar-refractivity contribution in [3.8, 4) is 11.3 Å². The lowest BCUT2D eigenvalue weighted by Gasteiger charge is -2.16. The van der Waals surface area contributed by atoms with Crippen LogP contribution in [0, 0.1) is 5.92 Å². The van der Waals surface area contributed by atoms with Gasteiger partial charge in [0.2, 0.25) is 0 Å². The fourth-order valence-corrected chi connectivity index (χ4v) is 2.89. The molecule has 0 amide bonds. The van der Waals surface area contributed by atoms with Crippen LogP contribution in [-0.2, 0) is 17.9 Å². The van der Waals surface area contributed by atoms with Crippen LogP contribution in [0.5, 0.6) is 0 Å². The molecule has 6 nitrogen and oxygen atoms in total. The van der Waals surface area contributed by atoms with Gasteiger partial charge in [0.25, 0.3) is 0 Å². The average Bonchev–Trinajstić information content (AvgIpc) is 3.24. The van der Waals surface area contributed by atoms with Crippen LogP contribution in [0.15, 0.2) is 71.9 Å². The SMILES string of the molecule is CN=C(NCc1ncc(-c2ccccc2)[nH]1)NCC(C)COCc1ccccc1. The van der Waals surface area contributed by atoms with Gasteiger partial charge in [-0.3, -0.25) is 4.99 Å². The molecule has 0 saturated carbocycles. The Labute approximate surface area is 172 Å². The van der Waals surface area contributed by atoms with E-state index in [2.05, 4.69) is 56.8 Å². The van der Waals surface area contributed by atoms with Gasteiger partial charge in [0.1, 0.15) is 5.82 Å². The highest BCUT2D eigenvalue weighted by Crippen LogP contribution is 2.15. The summed E-state index contributed by atoms with van der Waals surface area (Å²) in [6, 6.07) is 20.4. The van der Waals surface area contributed by atoms with Crippen molar-refractivity contribution in [1.29, 1.82) is 0 Å².